The first-order valence-electron chi connectivity index (χ1n) is 10.8. The summed E-state index contributed by atoms with van der Waals surface area (Å²) in [5.74, 6) is 1.80. The summed E-state index contributed by atoms with van der Waals surface area (Å²) in [4.78, 5) is 36.9. The van der Waals surface area contributed by atoms with Crippen LogP contribution in [0.1, 0.15) is 44.9 Å². The van der Waals surface area contributed by atoms with Gasteiger partial charge in [0.2, 0.25) is 5.91 Å². The Kier molecular flexibility index (Phi) is 5.97. The van der Waals surface area contributed by atoms with Crippen molar-refractivity contribution in [3.8, 4) is 5.75 Å². The number of amides is 2. The van der Waals surface area contributed by atoms with Crippen LogP contribution in [-0.2, 0) is 19.1 Å². The van der Waals surface area contributed by atoms with Gasteiger partial charge in [0.1, 0.15) is 5.75 Å². The summed E-state index contributed by atoms with van der Waals surface area (Å²) in [6.07, 6.45) is 6.91. The topological polar surface area (TPSA) is 93.7 Å². The second-order valence-electron chi connectivity index (χ2n) is 9.11. The molecule has 0 aliphatic heterocycles. The van der Waals surface area contributed by atoms with E-state index >= 15 is 0 Å². The van der Waals surface area contributed by atoms with Gasteiger partial charge in [-0.3, -0.25) is 14.4 Å². The first-order chi connectivity index (χ1) is 14.5. The van der Waals surface area contributed by atoms with Crippen LogP contribution in [0, 0.1) is 23.2 Å². The van der Waals surface area contributed by atoms with E-state index in [9.17, 15) is 14.4 Å². The number of hydrogen-bond donors (Lipinski definition) is 2. The molecule has 1 aromatic rings. The van der Waals surface area contributed by atoms with Gasteiger partial charge >= 0.3 is 5.97 Å². The third-order valence-electron chi connectivity index (χ3n) is 6.88. The predicted octanol–water partition coefficient (Wildman–Crippen LogP) is 2.90. The Hall–Kier alpha value is -2.57. The lowest BCUT2D eigenvalue weighted by Crippen LogP contribution is -2.53. The van der Waals surface area contributed by atoms with E-state index in [4.69, 9.17) is 9.47 Å². The van der Waals surface area contributed by atoms with E-state index in [1.165, 1.54) is 26.4 Å². The summed E-state index contributed by atoms with van der Waals surface area (Å²) in [5.41, 5.74) is 0.302. The van der Waals surface area contributed by atoms with Gasteiger partial charge in [0, 0.05) is 12.0 Å². The van der Waals surface area contributed by atoms with Gasteiger partial charge in [-0.15, -0.1) is 0 Å². The van der Waals surface area contributed by atoms with Crippen LogP contribution in [-0.4, -0.2) is 38.0 Å². The Morgan fingerprint density at radius 1 is 1.03 bits per heavy atom. The van der Waals surface area contributed by atoms with Crippen molar-refractivity contribution >= 4 is 23.5 Å². The van der Waals surface area contributed by atoms with E-state index < -0.39 is 11.9 Å². The smallest absolute Gasteiger partial charge is 0.308 e. The first-order valence-corrected chi connectivity index (χ1v) is 10.8. The van der Waals surface area contributed by atoms with Crippen molar-refractivity contribution in [2.75, 3.05) is 25.6 Å². The molecule has 0 aromatic heterocycles. The number of rotatable bonds is 8. The average Bonchev–Trinajstić information content (AvgIpc) is 2.71. The maximum absolute atomic E-state index is 12.9. The number of carbonyl (C=O) groups is 3. The second-order valence-corrected chi connectivity index (χ2v) is 9.11. The molecule has 30 heavy (non-hydrogen) atoms. The van der Waals surface area contributed by atoms with Crippen molar-refractivity contribution in [3.63, 3.8) is 0 Å². The summed E-state index contributed by atoms with van der Waals surface area (Å²) < 4.78 is 10.2. The van der Waals surface area contributed by atoms with E-state index in [-0.39, 0.29) is 30.9 Å². The number of carbonyl (C=O) groups excluding carboxylic acids is 3. The molecule has 0 spiro atoms. The molecule has 0 atom stereocenters. The molecule has 4 fully saturated rings. The second kappa shape index (κ2) is 8.66. The van der Waals surface area contributed by atoms with Gasteiger partial charge in [0.15, 0.2) is 6.61 Å². The molecule has 7 nitrogen and oxygen atoms in total. The molecule has 7 heteroatoms. The van der Waals surface area contributed by atoms with Crippen LogP contribution >= 0.6 is 0 Å². The monoisotopic (exact) mass is 414 g/mol. The fourth-order valence-corrected chi connectivity index (χ4v) is 6.01. The van der Waals surface area contributed by atoms with Crippen LogP contribution in [0.15, 0.2) is 24.3 Å². The van der Waals surface area contributed by atoms with Crippen molar-refractivity contribution in [1.82, 2.24) is 5.32 Å². The minimum Gasteiger partial charge on any atom is -0.495 e. The maximum atomic E-state index is 12.9. The SMILES string of the molecule is COc1ccccc1NC(=O)COC(=O)CCNC(=O)C12CC3CC(CC(C3)C1)C2. The number of para-hydroxylation sites is 2. The van der Waals surface area contributed by atoms with E-state index in [2.05, 4.69) is 10.6 Å². The summed E-state index contributed by atoms with van der Waals surface area (Å²) >= 11 is 0. The molecule has 1 aromatic carbocycles. The predicted molar refractivity (Wildman–Crippen MR) is 111 cm³/mol. The van der Waals surface area contributed by atoms with Crippen molar-refractivity contribution < 1.29 is 23.9 Å². The number of benzene rings is 1. The summed E-state index contributed by atoms with van der Waals surface area (Å²) in [7, 11) is 1.52. The van der Waals surface area contributed by atoms with Crippen molar-refractivity contribution in [2.24, 2.45) is 23.2 Å². The van der Waals surface area contributed by atoms with Gasteiger partial charge in [0.25, 0.3) is 5.91 Å². The summed E-state index contributed by atoms with van der Waals surface area (Å²) in [6.45, 7) is -0.132. The number of anilines is 1. The van der Waals surface area contributed by atoms with Gasteiger partial charge in [-0.05, 0) is 68.4 Å². The van der Waals surface area contributed by atoms with Gasteiger partial charge in [-0.1, -0.05) is 12.1 Å². The Morgan fingerprint density at radius 3 is 2.30 bits per heavy atom. The van der Waals surface area contributed by atoms with Crippen molar-refractivity contribution in [1.29, 1.82) is 0 Å². The van der Waals surface area contributed by atoms with Crippen LogP contribution < -0.4 is 15.4 Å². The lowest BCUT2D eigenvalue weighted by Gasteiger charge is -2.55. The van der Waals surface area contributed by atoms with Gasteiger partial charge < -0.3 is 20.1 Å². The molecule has 0 saturated heterocycles. The largest absolute Gasteiger partial charge is 0.495 e. The Morgan fingerprint density at radius 2 is 1.67 bits per heavy atom. The quantitative estimate of drug-likeness (QED) is 0.638. The Bertz CT molecular complexity index is 786. The molecule has 4 aliphatic rings. The molecule has 5 rings (SSSR count). The van der Waals surface area contributed by atoms with Gasteiger partial charge in [-0.2, -0.15) is 0 Å². The van der Waals surface area contributed by atoms with E-state index in [0.717, 1.165) is 19.3 Å². The van der Waals surface area contributed by atoms with Crippen LogP contribution in [0.5, 0.6) is 5.75 Å². The van der Waals surface area contributed by atoms with Gasteiger partial charge in [0.05, 0.1) is 19.2 Å². The minimum absolute atomic E-state index is 0.0556. The molecule has 4 bridgehead atoms. The molecule has 2 N–H and O–H groups in total. The fraction of sp³-hybridized carbons (Fsp3) is 0.609. The molecule has 162 valence electrons. The maximum Gasteiger partial charge on any atom is 0.308 e. The zero-order valence-corrected chi connectivity index (χ0v) is 17.4. The molecule has 2 amide bonds. The highest BCUT2D eigenvalue weighted by molar-refractivity contribution is 5.94. The minimum atomic E-state index is -0.504. The number of methoxy groups -OCH3 is 1. The van der Waals surface area contributed by atoms with Crippen LogP contribution in [0.25, 0.3) is 0 Å². The van der Waals surface area contributed by atoms with Crippen LogP contribution in [0.4, 0.5) is 5.69 Å². The zero-order chi connectivity index (χ0) is 21.1. The fourth-order valence-electron chi connectivity index (χ4n) is 6.01. The van der Waals surface area contributed by atoms with Crippen LogP contribution in [0.3, 0.4) is 0 Å². The summed E-state index contributed by atoms with van der Waals surface area (Å²) in [5, 5.41) is 5.61. The Labute approximate surface area is 176 Å². The molecular weight excluding hydrogens is 384 g/mol. The third kappa shape index (κ3) is 4.45. The molecule has 0 radical (unpaired) electrons. The lowest BCUT2D eigenvalue weighted by atomic mass is 9.49. The highest BCUT2D eigenvalue weighted by Crippen LogP contribution is 2.60. The lowest BCUT2D eigenvalue weighted by molar-refractivity contribution is -0.148. The normalized spacial score (nSPS) is 28.6. The van der Waals surface area contributed by atoms with Crippen molar-refractivity contribution in [2.45, 2.75) is 44.9 Å². The third-order valence-corrected chi connectivity index (χ3v) is 6.88. The van der Waals surface area contributed by atoms with Crippen LogP contribution in [0.2, 0.25) is 0 Å². The highest BCUT2D eigenvalue weighted by Gasteiger charge is 2.54. The number of esters is 1. The molecule has 0 heterocycles. The number of ether oxygens (including phenoxy) is 2. The Balaban J connectivity index is 1.17. The zero-order valence-electron chi connectivity index (χ0n) is 17.4. The molecule has 4 aliphatic carbocycles. The number of nitrogens with one attached hydrogen (secondary N) is 2. The van der Waals surface area contributed by atoms with E-state index in [1.807, 2.05) is 0 Å². The number of hydrogen-bond acceptors (Lipinski definition) is 5. The average molecular weight is 415 g/mol. The molecule has 4 saturated carbocycles. The van der Waals surface area contributed by atoms with E-state index in [0.29, 0.717) is 29.2 Å². The molecular formula is C23H30N2O5. The standard InChI is InChI=1S/C23H30N2O5/c1-29-19-5-3-2-4-18(19)25-20(26)14-30-21(27)6-7-24-22(28)23-11-15-8-16(12-23)10-17(9-15)13-23/h2-5,15-17H,6-14H2,1H3,(H,24,28)(H,25,26). The first kappa shape index (κ1) is 20.7. The van der Waals surface area contributed by atoms with Crippen molar-refractivity contribution in [3.05, 3.63) is 24.3 Å². The highest BCUT2D eigenvalue weighted by atomic mass is 16.5. The summed E-state index contributed by atoms with van der Waals surface area (Å²) in [6, 6.07) is 7.01. The van der Waals surface area contributed by atoms with E-state index in [1.54, 1.807) is 24.3 Å². The molecule has 0 unspecified atom stereocenters. The van der Waals surface area contributed by atoms with Gasteiger partial charge in [-0.25, -0.2) is 0 Å².